The van der Waals surface area contributed by atoms with Crippen molar-refractivity contribution in [2.45, 2.75) is 82.1 Å². The van der Waals surface area contributed by atoms with Gasteiger partial charge in [-0.15, -0.1) is 0 Å². The highest BCUT2D eigenvalue weighted by molar-refractivity contribution is 5.21. The average Bonchev–Trinajstić information content (AvgIpc) is 2.42. The minimum atomic E-state index is 1.15. The highest BCUT2D eigenvalue weighted by atomic mass is 13.9. The van der Waals surface area contributed by atoms with Crippen LogP contribution < -0.4 is 0 Å². The summed E-state index contributed by atoms with van der Waals surface area (Å²) < 4.78 is 0. The van der Waals surface area contributed by atoms with Crippen molar-refractivity contribution in [1.82, 2.24) is 0 Å². The van der Waals surface area contributed by atoms with E-state index < -0.39 is 0 Å². The van der Waals surface area contributed by atoms with Crippen molar-refractivity contribution in [3.05, 3.63) is 23.3 Å². The van der Waals surface area contributed by atoms with E-state index >= 15 is 0 Å². The molecule has 0 bridgehead atoms. The molecule has 0 aliphatic heterocycles. The predicted octanol–water partition coefficient (Wildman–Crippen LogP) is 6.78. The van der Waals surface area contributed by atoms with Gasteiger partial charge in [0, 0.05) is 0 Å². The maximum atomic E-state index is 2.28. The quantitative estimate of drug-likeness (QED) is 0.467. The Hall–Kier alpha value is -0.520. The smallest absolute Gasteiger partial charge is 0.0311 e. The first-order chi connectivity index (χ1) is 7.74. The summed E-state index contributed by atoms with van der Waals surface area (Å²) in [6, 6.07) is 0. The van der Waals surface area contributed by atoms with Crippen LogP contribution in [0.5, 0.6) is 0 Å². The molecule has 0 atom stereocenters. The minimum Gasteiger partial charge on any atom is -0.0845 e. The van der Waals surface area contributed by atoms with Gasteiger partial charge in [0.15, 0.2) is 0 Å². The molecule has 0 rings (SSSR count). The molecule has 0 aliphatic rings. The summed E-state index contributed by atoms with van der Waals surface area (Å²) in [5.41, 5.74) is 2.91. The Morgan fingerprint density at radius 3 is 1.38 bits per heavy atom. The second kappa shape index (κ2) is 29.3. The third-order valence-electron chi connectivity index (χ3n) is 1.77. The molecule has 0 heterocycles. The maximum Gasteiger partial charge on any atom is -0.0311 e. The zero-order chi connectivity index (χ0) is 14.0. The summed E-state index contributed by atoms with van der Waals surface area (Å²) >= 11 is 0. The van der Waals surface area contributed by atoms with Gasteiger partial charge >= 0.3 is 0 Å². The normalized spacial score (nSPS) is 9.88. The summed E-state index contributed by atoms with van der Waals surface area (Å²) in [5, 5.41) is 0. The van der Waals surface area contributed by atoms with Gasteiger partial charge in [-0.05, 0) is 26.7 Å². The molecule has 0 spiro atoms. The SMILES string of the molecule is C/C=C(\C=C(/C)CC)CC.CC.CC.CC. The molecule has 100 valence electrons. The van der Waals surface area contributed by atoms with E-state index in [1.165, 1.54) is 11.1 Å². The Labute approximate surface area is 106 Å². The van der Waals surface area contributed by atoms with Gasteiger partial charge in [0.25, 0.3) is 0 Å². The topological polar surface area (TPSA) is 0 Å². The van der Waals surface area contributed by atoms with E-state index in [2.05, 4.69) is 39.8 Å². The van der Waals surface area contributed by atoms with Gasteiger partial charge in [-0.3, -0.25) is 0 Å². The third-order valence-corrected chi connectivity index (χ3v) is 1.77. The predicted molar refractivity (Wildman–Crippen MR) is 82.1 cm³/mol. The van der Waals surface area contributed by atoms with Crippen LogP contribution in [0.15, 0.2) is 23.3 Å². The summed E-state index contributed by atoms with van der Waals surface area (Å²) in [6.45, 7) is 20.7. The maximum absolute atomic E-state index is 2.28. The molecule has 0 fully saturated rings. The van der Waals surface area contributed by atoms with E-state index in [0.29, 0.717) is 0 Å². The van der Waals surface area contributed by atoms with Crippen molar-refractivity contribution in [2.75, 3.05) is 0 Å². The molecule has 0 aliphatic carbocycles. The van der Waals surface area contributed by atoms with Crippen LogP contribution in [-0.4, -0.2) is 0 Å². The molecule has 16 heavy (non-hydrogen) atoms. The highest BCUT2D eigenvalue weighted by Gasteiger charge is 1.87. The Bertz CT molecular complexity index is 138. The van der Waals surface area contributed by atoms with Crippen LogP contribution in [0.4, 0.5) is 0 Å². The molecular weight excluding hydrogens is 192 g/mol. The van der Waals surface area contributed by atoms with Crippen molar-refractivity contribution in [2.24, 2.45) is 0 Å². The van der Waals surface area contributed by atoms with Gasteiger partial charge in [-0.1, -0.05) is 78.7 Å². The fourth-order valence-corrected chi connectivity index (χ4v) is 0.808. The van der Waals surface area contributed by atoms with E-state index in [9.17, 15) is 0 Å². The molecule has 0 aromatic carbocycles. The van der Waals surface area contributed by atoms with Crippen LogP contribution in [0.3, 0.4) is 0 Å². The van der Waals surface area contributed by atoms with Gasteiger partial charge in [0.05, 0.1) is 0 Å². The fraction of sp³-hybridized carbons (Fsp3) is 0.750. The fourth-order valence-electron chi connectivity index (χ4n) is 0.808. The summed E-state index contributed by atoms with van der Waals surface area (Å²) in [4.78, 5) is 0. The van der Waals surface area contributed by atoms with Crippen molar-refractivity contribution in [1.29, 1.82) is 0 Å². The van der Waals surface area contributed by atoms with Crippen LogP contribution in [0.25, 0.3) is 0 Å². The van der Waals surface area contributed by atoms with Crippen LogP contribution in [0, 0.1) is 0 Å². The Kier molecular flexibility index (Phi) is 45.1. The first-order valence-electron chi connectivity index (χ1n) is 7.06. The van der Waals surface area contributed by atoms with Crippen LogP contribution >= 0.6 is 0 Å². The largest absolute Gasteiger partial charge is 0.0845 e. The second-order valence-electron chi connectivity index (χ2n) is 2.56. The number of allylic oxidation sites excluding steroid dienone is 4. The van der Waals surface area contributed by atoms with E-state index in [1.54, 1.807) is 0 Å². The van der Waals surface area contributed by atoms with Gasteiger partial charge < -0.3 is 0 Å². The first kappa shape index (κ1) is 24.6. The molecule has 0 unspecified atom stereocenters. The first-order valence-corrected chi connectivity index (χ1v) is 7.06. The molecule has 0 saturated heterocycles. The van der Waals surface area contributed by atoms with Crippen molar-refractivity contribution in [3.63, 3.8) is 0 Å². The van der Waals surface area contributed by atoms with E-state index in [1.807, 2.05) is 41.5 Å². The lowest BCUT2D eigenvalue weighted by Gasteiger charge is -1.97. The van der Waals surface area contributed by atoms with Crippen molar-refractivity contribution in [3.8, 4) is 0 Å². The lowest BCUT2D eigenvalue weighted by Crippen LogP contribution is -1.77. The van der Waals surface area contributed by atoms with Gasteiger partial charge in [-0.2, -0.15) is 0 Å². The molecule has 0 nitrogen and oxygen atoms in total. The van der Waals surface area contributed by atoms with E-state index in [4.69, 9.17) is 0 Å². The molecule has 0 aromatic heterocycles. The standard InChI is InChI=1S/C10H18.3C2H6/c1-5-9(4)8-10(6-2)7-3;3*1-2/h6,8H,5,7H2,1-4H3;3*1-2H3/b9-8+,10-6-;;;. The summed E-state index contributed by atoms with van der Waals surface area (Å²) in [7, 11) is 0. The van der Waals surface area contributed by atoms with E-state index in [0.717, 1.165) is 12.8 Å². The third kappa shape index (κ3) is 23.4. The summed E-state index contributed by atoms with van der Waals surface area (Å²) in [6.07, 6.45) is 6.77. The molecule has 0 amide bonds. The highest BCUT2D eigenvalue weighted by Crippen LogP contribution is 2.08. The average molecular weight is 228 g/mol. The molecule has 0 aromatic rings. The lowest BCUT2D eigenvalue weighted by molar-refractivity contribution is 1.07. The molecule has 0 radical (unpaired) electrons. The van der Waals surface area contributed by atoms with E-state index in [-0.39, 0.29) is 0 Å². The van der Waals surface area contributed by atoms with Crippen LogP contribution in [0.1, 0.15) is 82.1 Å². The molecular formula is C16H36. The zero-order valence-corrected chi connectivity index (χ0v) is 13.6. The Morgan fingerprint density at radius 1 is 0.812 bits per heavy atom. The van der Waals surface area contributed by atoms with Gasteiger partial charge in [0.2, 0.25) is 0 Å². The number of hydrogen-bond acceptors (Lipinski definition) is 0. The number of rotatable bonds is 3. The summed E-state index contributed by atoms with van der Waals surface area (Å²) in [5.74, 6) is 0. The van der Waals surface area contributed by atoms with Crippen molar-refractivity contribution < 1.29 is 0 Å². The van der Waals surface area contributed by atoms with Gasteiger partial charge in [0.1, 0.15) is 0 Å². The second-order valence-corrected chi connectivity index (χ2v) is 2.56. The van der Waals surface area contributed by atoms with Gasteiger partial charge in [-0.25, -0.2) is 0 Å². The van der Waals surface area contributed by atoms with Crippen molar-refractivity contribution >= 4 is 0 Å². The molecule has 0 heteroatoms. The molecule has 0 saturated carbocycles. The zero-order valence-electron chi connectivity index (χ0n) is 13.6. The lowest BCUT2D eigenvalue weighted by atomic mass is 10.1. The van der Waals surface area contributed by atoms with Crippen LogP contribution in [-0.2, 0) is 0 Å². The monoisotopic (exact) mass is 228 g/mol. The molecule has 0 N–H and O–H groups in total. The Balaban J connectivity index is -0.000000103. The number of hydrogen-bond donors (Lipinski definition) is 0. The minimum absolute atomic E-state index is 1.15. The van der Waals surface area contributed by atoms with Crippen LogP contribution in [0.2, 0.25) is 0 Å². The Morgan fingerprint density at radius 2 is 1.19 bits per heavy atom.